The lowest BCUT2D eigenvalue weighted by Gasteiger charge is -2.21. The van der Waals surface area contributed by atoms with Gasteiger partial charge in [-0.2, -0.15) is 0 Å². The predicted octanol–water partition coefficient (Wildman–Crippen LogP) is 3.05. The van der Waals surface area contributed by atoms with Gasteiger partial charge in [0.2, 0.25) is 5.91 Å². The molecule has 7 heteroatoms. The summed E-state index contributed by atoms with van der Waals surface area (Å²) in [6.07, 6.45) is 4.00. The highest BCUT2D eigenvalue weighted by atomic mass is 16.6. The molecule has 0 aliphatic carbocycles. The second-order valence-corrected chi connectivity index (χ2v) is 6.02. The Bertz CT molecular complexity index is 623. The van der Waals surface area contributed by atoms with Crippen molar-refractivity contribution in [2.45, 2.75) is 26.7 Å². The van der Waals surface area contributed by atoms with Gasteiger partial charge >= 0.3 is 5.97 Å². The molecule has 0 bridgehead atoms. The molecular formula is C18H24N2O5. The molecule has 7 nitrogen and oxygen atoms in total. The fraction of sp³-hybridized carbons (Fsp3) is 0.444. The Hall–Kier alpha value is -2.70. The molecule has 25 heavy (non-hydrogen) atoms. The molecule has 0 aromatic heterocycles. The van der Waals surface area contributed by atoms with Gasteiger partial charge in [0.05, 0.1) is 18.5 Å². The minimum Gasteiger partial charge on any atom is -0.469 e. The van der Waals surface area contributed by atoms with Crippen molar-refractivity contribution >= 4 is 23.6 Å². The minimum atomic E-state index is -0.473. The van der Waals surface area contributed by atoms with Crippen molar-refractivity contribution in [2.24, 2.45) is 5.92 Å². The number of nitrogens with zero attached hydrogens (tertiary/aromatic N) is 2. The van der Waals surface area contributed by atoms with Gasteiger partial charge in [0.25, 0.3) is 5.69 Å². The summed E-state index contributed by atoms with van der Waals surface area (Å²) in [5.74, 6) is -0.128. The molecule has 0 saturated carbocycles. The summed E-state index contributed by atoms with van der Waals surface area (Å²) in [6, 6.07) is 5.93. The third-order valence-corrected chi connectivity index (χ3v) is 3.62. The fourth-order valence-electron chi connectivity index (χ4n) is 2.05. The minimum absolute atomic E-state index is 0.000106. The van der Waals surface area contributed by atoms with Crippen LogP contribution in [0.5, 0.6) is 0 Å². The number of ether oxygens (including phenoxy) is 1. The van der Waals surface area contributed by atoms with Crippen LogP contribution in [0.25, 0.3) is 6.08 Å². The lowest BCUT2D eigenvalue weighted by molar-refractivity contribution is -0.384. The Balaban J connectivity index is 2.73. The molecule has 0 N–H and O–H groups in total. The van der Waals surface area contributed by atoms with Gasteiger partial charge in [-0.25, -0.2) is 0 Å². The van der Waals surface area contributed by atoms with Crippen molar-refractivity contribution in [1.29, 1.82) is 0 Å². The molecule has 0 fully saturated rings. The Morgan fingerprint density at radius 3 is 2.40 bits per heavy atom. The topological polar surface area (TPSA) is 89.8 Å². The summed E-state index contributed by atoms with van der Waals surface area (Å²) in [7, 11) is 1.32. The van der Waals surface area contributed by atoms with E-state index < -0.39 is 4.92 Å². The lowest BCUT2D eigenvalue weighted by atomic mass is 10.1. The number of hydrogen-bond donors (Lipinski definition) is 0. The summed E-state index contributed by atoms with van der Waals surface area (Å²) >= 11 is 0. The molecule has 1 rings (SSSR count). The van der Waals surface area contributed by atoms with Crippen LogP contribution in [0.4, 0.5) is 5.69 Å². The van der Waals surface area contributed by atoms with Crippen LogP contribution in [-0.2, 0) is 14.3 Å². The van der Waals surface area contributed by atoms with E-state index in [1.165, 1.54) is 25.3 Å². The fourth-order valence-corrected chi connectivity index (χ4v) is 2.05. The Morgan fingerprint density at radius 1 is 1.24 bits per heavy atom. The first-order valence-corrected chi connectivity index (χ1v) is 8.11. The maximum absolute atomic E-state index is 12.4. The zero-order chi connectivity index (χ0) is 18.8. The van der Waals surface area contributed by atoms with E-state index in [0.717, 1.165) is 6.42 Å². The van der Waals surface area contributed by atoms with E-state index in [0.29, 0.717) is 24.6 Å². The first kappa shape index (κ1) is 20.3. The maximum atomic E-state index is 12.4. The lowest BCUT2D eigenvalue weighted by Crippen LogP contribution is -2.33. The van der Waals surface area contributed by atoms with E-state index in [2.05, 4.69) is 18.6 Å². The number of methoxy groups -OCH3 is 1. The molecule has 1 aromatic rings. The number of benzene rings is 1. The van der Waals surface area contributed by atoms with Gasteiger partial charge < -0.3 is 9.64 Å². The van der Waals surface area contributed by atoms with E-state index in [4.69, 9.17) is 0 Å². The molecule has 1 aromatic carbocycles. The molecule has 0 aliphatic heterocycles. The molecule has 1 amide bonds. The normalized spacial score (nSPS) is 10.9. The standard InChI is InChI=1S/C18H24N2O5/c1-14(2)10-12-19(13-11-18(22)25-3)17(21)9-6-15-4-7-16(8-5-15)20(23)24/h4-9,14H,10-13H2,1-3H3/b9-6+. The van der Waals surface area contributed by atoms with Crippen molar-refractivity contribution in [1.82, 2.24) is 4.90 Å². The molecule has 0 spiro atoms. The summed E-state index contributed by atoms with van der Waals surface area (Å²) < 4.78 is 4.62. The summed E-state index contributed by atoms with van der Waals surface area (Å²) in [5, 5.41) is 10.6. The number of nitro benzene ring substituents is 1. The Labute approximate surface area is 147 Å². The van der Waals surface area contributed by atoms with Crippen LogP contribution in [0.2, 0.25) is 0 Å². The molecule has 136 valence electrons. The monoisotopic (exact) mass is 348 g/mol. The van der Waals surface area contributed by atoms with E-state index in [-0.39, 0.29) is 24.0 Å². The van der Waals surface area contributed by atoms with Crippen LogP contribution in [0, 0.1) is 16.0 Å². The van der Waals surface area contributed by atoms with Gasteiger partial charge in [0.15, 0.2) is 0 Å². The van der Waals surface area contributed by atoms with E-state index >= 15 is 0 Å². The number of rotatable bonds is 9. The van der Waals surface area contributed by atoms with Crippen LogP contribution < -0.4 is 0 Å². The summed E-state index contributed by atoms with van der Waals surface area (Å²) in [6.45, 7) is 4.98. The Morgan fingerprint density at radius 2 is 1.88 bits per heavy atom. The Kier molecular flexibility index (Phi) is 8.32. The third-order valence-electron chi connectivity index (χ3n) is 3.62. The number of esters is 1. The van der Waals surface area contributed by atoms with Crippen molar-refractivity contribution in [3.63, 3.8) is 0 Å². The number of nitro groups is 1. The number of carbonyl (C=O) groups excluding carboxylic acids is 2. The van der Waals surface area contributed by atoms with Gasteiger partial charge in [0.1, 0.15) is 0 Å². The van der Waals surface area contributed by atoms with Gasteiger partial charge in [0, 0.05) is 31.3 Å². The van der Waals surface area contributed by atoms with Gasteiger partial charge in [-0.05, 0) is 36.1 Å². The molecule has 0 heterocycles. The molecule has 0 unspecified atom stereocenters. The van der Waals surface area contributed by atoms with Gasteiger partial charge in [-0.3, -0.25) is 19.7 Å². The SMILES string of the molecule is COC(=O)CCN(CCC(C)C)C(=O)/C=C/c1ccc([N+](=O)[O-])cc1. The predicted molar refractivity (Wildman–Crippen MR) is 94.8 cm³/mol. The van der Waals surface area contributed by atoms with Crippen LogP contribution in [0.1, 0.15) is 32.3 Å². The molecular weight excluding hydrogens is 324 g/mol. The average molecular weight is 348 g/mol. The van der Waals surface area contributed by atoms with Crippen molar-refractivity contribution < 1.29 is 19.2 Å². The number of amides is 1. The number of carbonyl (C=O) groups is 2. The third kappa shape index (κ3) is 7.60. The van der Waals surface area contributed by atoms with Crippen molar-refractivity contribution in [3.8, 4) is 0 Å². The smallest absolute Gasteiger partial charge is 0.307 e. The van der Waals surface area contributed by atoms with Crippen LogP contribution in [-0.4, -0.2) is 41.9 Å². The number of non-ortho nitro benzene ring substituents is 1. The van der Waals surface area contributed by atoms with Gasteiger partial charge in [-0.15, -0.1) is 0 Å². The molecule has 0 atom stereocenters. The highest BCUT2D eigenvalue weighted by molar-refractivity contribution is 5.92. The second kappa shape index (κ2) is 10.2. The molecule has 0 saturated heterocycles. The first-order valence-electron chi connectivity index (χ1n) is 8.11. The second-order valence-electron chi connectivity index (χ2n) is 6.02. The average Bonchev–Trinajstić information content (AvgIpc) is 2.59. The number of hydrogen-bond acceptors (Lipinski definition) is 5. The highest BCUT2D eigenvalue weighted by Crippen LogP contribution is 2.13. The quantitative estimate of drug-likeness (QED) is 0.296. The zero-order valence-electron chi connectivity index (χ0n) is 14.8. The first-order chi connectivity index (χ1) is 11.8. The highest BCUT2D eigenvalue weighted by Gasteiger charge is 2.13. The van der Waals surface area contributed by atoms with Crippen LogP contribution >= 0.6 is 0 Å². The van der Waals surface area contributed by atoms with E-state index in [1.54, 1.807) is 23.1 Å². The molecule has 0 aliphatic rings. The van der Waals surface area contributed by atoms with Crippen LogP contribution in [0.3, 0.4) is 0 Å². The summed E-state index contributed by atoms with van der Waals surface area (Å²) in [4.78, 5) is 35.5. The molecule has 0 radical (unpaired) electrons. The maximum Gasteiger partial charge on any atom is 0.307 e. The largest absolute Gasteiger partial charge is 0.469 e. The van der Waals surface area contributed by atoms with Gasteiger partial charge in [-0.1, -0.05) is 13.8 Å². The van der Waals surface area contributed by atoms with Crippen molar-refractivity contribution in [2.75, 3.05) is 20.2 Å². The zero-order valence-corrected chi connectivity index (χ0v) is 14.8. The van der Waals surface area contributed by atoms with Crippen molar-refractivity contribution in [3.05, 3.63) is 46.0 Å². The van der Waals surface area contributed by atoms with Crippen LogP contribution in [0.15, 0.2) is 30.3 Å². The van der Waals surface area contributed by atoms with E-state index in [1.807, 2.05) is 0 Å². The summed E-state index contributed by atoms with van der Waals surface area (Å²) in [5.41, 5.74) is 0.691. The van der Waals surface area contributed by atoms with E-state index in [9.17, 15) is 19.7 Å².